The highest BCUT2D eigenvalue weighted by Gasteiger charge is 2.43. The van der Waals surface area contributed by atoms with Gasteiger partial charge in [-0.3, -0.25) is 0 Å². The zero-order chi connectivity index (χ0) is 13.6. The van der Waals surface area contributed by atoms with Crippen LogP contribution in [0, 0.1) is 0 Å². The molecule has 3 rings (SSSR count). The fourth-order valence-electron chi connectivity index (χ4n) is 3.55. The van der Waals surface area contributed by atoms with Crippen LogP contribution in [0.25, 0.3) is 0 Å². The molecule has 0 aromatic heterocycles. The minimum absolute atomic E-state index is 0.131. The van der Waals surface area contributed by atoms with Crippen molar-refractivity contribution in [3.8, 4) is 0 Å². The topological polar surface area (TPSA) is 29.3 Å². The maximum absolute atomic E-state index is 13.1. The molecular weight excluding hydrogens is 253 g/mol. The van der Waals surface area contributed by atoms with E-state index in [1.807, 2.05) is 4.90 Å². The molecule has 2 N–H and O–H groups in total. The Morgan fingerprint density at radius 1 is 1.05 bits per heavy atom. The van der Waals surface area contributed by atoms with Gasteiger partial charge in [0, 0.05) is 23.8 Å². The third kappa shape index (κ3) is 2.20. The van der Waals surface area contributed by atoms with Crippen molar-refractivity contribution in [3.05, 3.63) is 29.8 Å². The highest BCUT2D eigenvalue weighted by atomic mass is 19.4. The summed E-state index contributed by atoms with van der Waals surface area (Å²) in [6.45, 7) is 0. The van der Waals surface area contributed by atoms with Crippen molar-refractivity contribution in [1.29, 1.82) is 0 Å². The lowest BCUT2D eigenvalue weighted by atomic mass is 9.96. The van der Waals surface area contributed by atoms with Gasteiger partial charge in [0.15, 0.2) is 0 Å². The van der Waals surface area contributed by atoms with Gasteiger partial charge in [0.25, 0.3) is 0 Å². The summed E-state index contributed by atoms with van der Waals surface area (Å²) >= 11 is 0. The number of alkyl halides is 3. The number of hydrogen-bond donors (Lipinski definition) is 1. The number of nitrogens with two attached hydrogens (primary N) is 1. The van der Waals surface area contributed by atoms with Crippen molar-refractivity contribution in [2.45, 2.75) is 50.0 Å². The van der Waals surface area contributed by atoms with Crippen molar-refractivity contribution in [3.63, 3.8) is 0 Å². The molecule has 1 aromatic rings. The lowest BCUT2D eigenvalue weighted by Gasteiger charge is -2.40. The second-order valence-corrected chi connectivity index (χ2v) is 5.54. The predicted molar refractivity (Wildman–Crippen MR) is 67.9 cm³/mol. The van der Waals surface area contributed by atoms with Gasteiger partial charge in [-0.15, -0.1) is 0 Å². The molecule has 2 fully saturated rings. The quantitative estimate of drug-likeness (QED) is 0.849. The first-order valence-electron chi connectivity index (χ1n) is 6.67. The van der Waals surface area contributed by atoms with Crippen molar-refractivity contribution in [2.75, 3.05) is 4.90 Å². The van der Waals surface area contributed by atoms with E-state index in [2.05, 4.69) is 0 Å². The van der Waals surface area contributed by atoms with Gasteiger partial charge in [-0.05, 0) is 37.8 Å². The van der Waals surface area contributed by atoms with Crippen LogP contribution < -0.4 is 10.6 Å². The maximum Gasteiger partial charge on any atom is 0.418 e. The van der Waals surface area contributed by atoms with Crippen LogP contribution in [0.3, 0.4) is 0 Å². The summed E-state index contributed by atoms with van der Waals surface area (Å²) < 4.78 is 39.3. The average Bonchev–Trinajstić information content (AvgIpc) is 2.60. The highest BCUT2D eigenvalue weighted by Crippen LogP contribution is 2.44. The fourth-order valence-corrected chi connectivity index (χ4v) is 3.55. The number of benzene rings is 1. The number of halogens is 3. The molecule has 1 aromatic carbocycles. The largest absolute Gasteiger partial charge is 0.418 e. The Balaban J connectivity index is 2.00. The smallest absolute Gasteiger partial charge is 0.365 e. The molecule has 2 aliphatic rings. The van der Waals surface area contributed by atoms with E-state index in [9.17, 15) is 13.2 Å². The van der Waals surface area contributed by atoms with E-state index in [0.29, 0.717) is 5.69 Å². The van der Waals surface area contributed by atoms with Crippen molar-refractivity contribution >= 4 is 5.69 Å². The number of anilines is 1. The van der Waals surface area contributed by atoms with Crippen molar-refractivity contribution < 1.29 is 13.2 Å². The average molecular weight is 270 g/mol. The maximum atomic E-state index is 13.1. The van der Waals surface area contributed by atoms with Crippen LogP contribution in [0.2, 0.25) is 0 Å². The van der Waals surface area contributed by atoms with Crippen LogP contribution in [-0.4, -0.2) is 18.1 Å². The second kappa shape index (κ2) is 4.40. The van der Waals surface area contributed by atoms with Gasteiger partial charge in [0.2, 0.25) is 0 Å². The molecule has 19 heavy (non-hydrogen) atoms. The van der Waals surface area contributed by atoms with Crippen molar-refractivity contribution in [1.82, 2.24) is 0 Å². The summed E-state index contributed by atoms with van der Waals surface area (Å²) in [5, 5.41) is 0. The Bertz CT molecular complexity index is 458. The Labute approximate surface area is 110 Å². The summed E-state index contributed by atoms with van der Waals surface area (Å²) in [6, 6.07) is 6.35. The van der Waals surface area contributed by atoms with Crippen LogP contribution >= 0.6 is 0 Å². The van der Waals surface area contributed by atoms with Gasteiger partial charge < -0.3 is 10.6 Å². The van der Waals surface area contributed by atoms with E-state index in [4.69, 9.17) is 5.73 Å². The second-order valence-electron chi connectivity index (χ2n) is 5.54. The first-order valence-corrected chi connectivity index (χ1v) is 6.67. The minimum atomic E-state index is -4.30. The van der Waals surface area contributed by atoms with Crippen molar-refractivity contribution in [2.24, 2.45) is 5.73 Å². The molecule has 104 valence electrons. The number of rotatable bonds is 1. The third-order valence-corrected chi connectivity index (χ3v) is 4.26. The lowest BCUT2D eigenvalue weighted by Crippen LogP contribution is -2.48. The molecule has 2 bridgehead atoms. The van der Waals surface area contributed by atoms with E-state index in [1.54, 1.807) is 12.1 Å². The number of hydrogen-bond acceptors (Lipinski definition) is 2. The summed E-state index contributed by atoms with van der Waals surface area (Å²) in [6.07, 6.45) is -0.809. The Morgan fingerprint density at radius 2 is 1.63 bits per heavy atom. The lowest BCUT2D eigenvalue weighted by molar-refractivity contribution is -0.137. The van der Waals surface area contributed by atoms with Gasteiger partial charge in [0.05, 0.1) is 5.56 Å². The standard InChI is InChI=1S/C14H17F3N2/c15-14(16,17)12-3-1-2-4-13(12)19-10-5-6-11(19)8-9(18)7-10/h1-4,9-11H,5-8,18H2. The molecule has 0 aliphatic carbocycles. The predicted octanol–water partition coefficient (Wildman–Crippen LogP) is 3.16. The molecule has 2 unspecified atom stereocenters. The van der Waals surface area contributed by atoms with E-state index in [0.717, 1.165) is 25.7 Å². The van der Waals surface area contributed by atoms with E-state index < -0.39 is 11.7 Å². The van der Waals surface area contributed by atoms with E-state index >= 15 is 0 Å². The molecule has 2 heterocycles. The van der Waals surface area contributed by atoms with Gasteiger partial charge in [-0.25, -0.2) is 0 Å². The monoisotopic (exact) mass is 270 g/mol. The Hall–Kier alpha value is -1.23. The molecular formula is C14H17F3N2. The number of fused-ring (bicyclic) bond motifs is 2. The molecule has 0 amide bonds. The van der Waals surface area contributed by atoms with Gasteiger partial charge >= 0.3 is 6.18 Å². The van der Waals surface area contributed by atoms with Gasteiger partial charge in [-0.1, -0.05) is 12.1 Å². The van der Waals surface area contributed by atoms with Gasteiger partial charge in [0.1, 0.15) is 0 Å². The van der Waals surface area contributed by atoms with Crippen LogP contribution in [0.4, 0.5) is 18.9 Å². The zero-order valence-electron chi connectivity index (χ0n) is 10.5. The Kier molecular flexibility index (Phi) is 2.96. The molecule has 0 radical (unpaired) electrons. The molecule has 2 atom stereocenters. The molecule has 0 spiro atoms. The number of para-hydroxylation sites is 1. The molecule has 2 nitrogen and oxygen atoms in total. The zero-order valence-corrected chi connectivity index (χ0v) is 10.5. The Morgan fingerprint density at radius 3 is 2.21 bits per heavy atom. The van der Waals surface area contributed by atoms with E-state index in [-0.39, 0.29) is 18.1 Å². The first kappa shape index (κ1) is 12.8. The van der Waals surface area contributed by atoms with Crippen LogP contribution in [-0.2, 0) is 6.18 Å². The first-order chi connectivity index (χ1) is 8.97. The normalized spacial score (nSPS) is 30.7. The van der Waals surface area contributed by atoms with Crippen LogP contribution in [0.15, 0.2) is 24.3 Å². The molecule has 2 saturated heterocycles. The van der Waals surface area contributed by atoms with Gasteiger partial charge in [-0.2, -0.15) is 13.2 Å². The third-order valence-electron chi connectivity index (χ3n) is 4.26. The number of nitrogens with zero attached hydrogens (tertiary/aromatic N) is 1. The summed E-state index contributed by atoms with van der Waals surface area (Å²) in [5.41, 5.74) is 5.77. The fraction of sp³-hybridized carbons (Fsp3) is 0.571. The summed E-state index contributed by atoms with van der Waals surface area (Å²) in [4.78, 5) is 1.96. The highest BCUT2D eigenvalue weighted by molar-refractivity contribution is 5.58. The minimum Gasteiger partial charge on any atom is -0.365 e. The molecule has 0 saturated carbocycles. The van der Waals surface area contributed by atoms with Crippen LogP contribution in [0.1, 0.15) is 31.2 Å². The SMILES string of the molecule is NC1CC2CCC(C1)N2c1ccccc1C(F)(F)F. The molecule has 5 heteroatoms. The molecule has 2 aliphatic heterocycles. The summed E-state index contributed by atoms with van der Waals surface area (Å²) in [7, 11) is 0. The number of piperidine rings is 1. The summed E-state index contributed by atoms with van der Waals surface area (Å²) in [5.74, 6) is 0. The van der Waals surface area contributed by atoms with E-state index in [1.165, 1.54) is 12.1 Å². The van der Waals surface area contributed by atoms with Crippen LogP contribution in [0.5, 0.6) is 0 Å².